The number of rotatable bonds is 7. The van der Waals surface area contributed by atoms with Crippen molar-refractivity contribution in [3.63, 3.8) is 0 Å². The van der Waals surface area contributed by atoms with Crippen LogP contribution in [0.2, 0.25) is 0 Å². The van der Waals surface area contributed by atoms with Crippen LogP contribution in [-0.4, -0.2) is 85.8 Å². The topological polar surface area (TPSA) is 98.1 Å². The molecule has 6 rings (SSSR count). The van der Waals surface area contributed by atoms with Crippen LogP contribution in [0, 0.1) is 5.41 Å². The summed E-state index contributed by atoms with van der Waals surface area (Å²) in [6.45, 7) is 0. The molecule has 0 unspecified atom stereocenters. The Morgan fingerprint density at radius 2 is 1.86 bits per heavy atom. The van der Waals surface area contributed by atoms with Crippen LogP contribution in [-0.2, 0) is 10.0 Å². The van der Waals surface area contributed by atoms with E-state index >= 15 is 0 Å². The third-order valence-corrected chi connectivity index (χ3v) is 7.56. The largest absolute Gasteiger partial charge is 0.493 e. The highest BCUT2D eigenvalue weighted by atomic mass is 16.5. The Morgan fingerprint density at radius 1 is 1.14 bits per heavy atom. The SMILES string of the molecule is [B]C([B])([B])n1cc(-c2ncnc3cc(OC)c(NC(=O)C45CC4(N(C)C)C5)nc23)c(-c2ccccc2)n1. The molecule has 3 heterocycles. The van der Waals surface area contributed by atoms with Gasteiger partial charge in [0.05, 0.1) is 41.6 Å². The number of ether oxygens (including phenoxy) is 1. The number of fused-ring (bicyclic) bond motifs is 2. The van der Waals surface area contributed by atoms with Crippen LogP contribution < -0.4 is 10.1 Å². The molecule has 0 spiro atoms. The molecule has 2 fully saturated rings. The van der Waals surface area contributed by atoms with Gasteiger partial charge in [-0.05, 0) is 32.2 Å². The maximum absolute atomic E-state index is 13.2. The zero-order chi connectivity index (χ0) is 26.2. The first-order valence-electron chi connectivity index (χ1n) is 11.8. The molecular formula is C25H22B3N7O2. The Hall–Kier alpha value is -3.66. The van der Waals surface area contributed by atoms with E-state index in [1.807, 2.05) is 44.4 Å². The van der Waals surface area contributed by atoms with Gasteiger partial charge in [-0.15, -0.1) is 0 Å². The second kappa shape index (κ2) is 7.92. The highest BCUT2D eigenvalue weighted by molar-refractivity contribution is 6.56. The van der Waals surface area contributed by atoms with Crippen LogP contribution in [0.25, 0.3) is 33.5 Å². The van der Waals surface area contributed by atoms with E-state index in [0.29, 0.717) is 39.6 Å². The fourth-order valence-corrected chi connectivity index (χ4v) is 5.17. The predicted octanol–water partition coefficient (Wildman–Crippen LogP) is 1.67. The third-order valence-electron chi connectivity index (χ3n) is 7.56. The van der Waals surface area contributed by atoms with Crippen LogP contribution in [0.15, 0.2) is 48.9 Å². The number of benzene rings is 1. The summed E-state index contributed by atoms with van der Waals surface area (Å²) in [5.41, 5.74) is 3.04. The number of nitrogens with zero attached hydrogens (tertiary/aromatic N) is 6. The monoisotopic (exact) mass is 485 g/mol. The first-order valence-corrected chi connectivity index (χ1v) is 11.8. The number of hydrogen-bond acceptors (Lipinski definition) is 7. The number of pyridine rings is 1. The lowest BCUT2D eigenvalue weighted by Crippen LogP contribution is -2.35. The van der Waals surface area contributed by atoms with Gasteiger partial charge in [0.2, 0.25) is 5.91 Å². The van der Waals surface area contributed by atoms with Crippen LogP contribution in [0.3, 0.4) is 0 Å². The van der Waals surface area contributed by atoms with Gasteiger partial charge in [0.15, 0.2) is 11.6 Å². The first kappa shape index (κ1) is 23.7. The Balaban J connectivity index is 1.47. The van der Waals surface area contributed by atoms with E-state index in [9.17, 15) is 4.79 Å². The molecule has 0 atom stereocenters. The fraction of sp³-hybridized carbons (Fsp3) is 0.320. The number of carbonyl (C=O) groups excluding carboxylic acids is 1. The van der Waals surface area contributed by atoms with E-state index in [-0.39, 0.29) is 16.9 Å². The van der Waals surface area contributed by atoms with Crippen molar-refractivity contribution in [2.75, 3.05) is 26.5 Å². The van der Waals surface area contributed by atoms with Gasteiger partial charge in [-0.1, -0.05) is 30.3 Å². The summed E-state index contributed by atoms with van der Waals surface area (Å²) >= 11 is 0. The number of hydrogen-bond donors (Lipinski definition) is 1. The van der Waals surface area contributed by atoms with Crippen molar-refractivity contribution >= 4 is 46.3 Å². The second-order valence-corrected chi connectivity index (χ2v) is 10.0. The summed E-state index contributed by atoms with van der Waals surface area (Å²) in [5, 5.41) is 5.83. The maximum Gasteiger partial charge on any atom is 0.233 e. The molecule has 6 radical (unpaired) electrons. The highest BCUT2D eigenvalue weighted by Gasteiger charge is 2.88. The molecule has 1 amide bonds. The molecule has 3 aromatic heterocycles. The quantitative estimate of drug-likeness (QED) is 0.398. The van der Waals surface area contributed by atoms with E-state index < -0.39 is 5.24 Å². The van der Waals surface area contributed by atoms with Gasteiger partial charge in [0, 0.05) is 28.9 Å². The van der Waals surface area contributed by atoms with Crippen LogP contribution >= 0.6 is 0 Å². The summed E-state index contributed by atoms with van der Waals surface area (Å²) in [7, 11) is 23.4. The number of aromatic nitrogens is 5. The predicted molar refractivity (Wildman–Crippen MR) is 142 cm³/mol. The number of methoxy groups -OCH3 is 1. The summed E-state index contributed by atoms with van der Waals surface area (Å²) in [5.74, 6) is 0.639. The Kier molecular flexibility index (Phi) is 5.08. The van der Waals surface area contributed by atoms with Crippen molar-refractivity contribution in [2.24, 2.45) is 5.41 Å². The average Bonchev–Trinajstić information content (AvgIpc) is 3.65. The molecule has 1 N–H and O–H groups in total. The Labute approximate surface area is 218 Å². The molecule has 9 nitrogen and oxygen atoms in total. The lowest BCUT2D eigenvalue weighted by atomic mass is 9.49. The number of nitrogens with one attached hydrogen (secondary N) is 1. The standard InChI is InChI=1S/C25H22B3N7O2/c1-34(2)24-11-23(24,12-24)22(36)32-21-17(37-3)9-16-20(31-21)19(30-13-29-16)15-10-35(25(26,27)28)33-18(15)14-7-5-4-6-8-14/h4-10,13H,11-12H2,1-3H3,(H,31,32,36). The normalized spacial score (nSPS) is 22.1. The summed E-state index contributed by atoms with van der Waals surface area (Å²) in [6.07, 6.45) is 4.74. The van der Waals surface area contributed by atoms with Crippen LogP contribution in [0.5, 0.6) is 5.75 Å². The maximum atomic E-state index is 13.2. The molecule has 0 saturated heterocycles. The smallest absolute Gasteiger partial charge is 0.233 e. The zero-order valence-corrected chi connectivity index (χ0v) is 20.8. The van der Waals surface area contributed by atoms with Gasteiger partial charge >= 0.3 is 0 Å². The van der Waals surface area contributed by atoms with Crippen molar-refractivity contribution in [3.05, 3.63) is 48.9 Å². The number of anilines is 1. The minimum absolute atomic E-state index is 0.0478. The lowest BCUT2D eigenvalue weighted by molar-refractivity contribution is -0.119. The van der Waals surface area contributed by atoms with Crippen molar-refractivity contribution in [2.45, 2.75) is 23.6 Å². The minimum Gasteiger partial charge on any atom is -0.493 e. The lowest BCUT2D eigenvalue weighted by Gasteiger charge is -2.20. The van der Waals surface area contributed by atoms with Gasteiger partial charge in [-0.2, -0.15) is 5.10 Å². The van der Waals surface area contributed by atoms with Crippen molar-refractivity contribution in [1.82, 2.24) is 29.6 Å². The van der Waals surface area contributed by atoms with Gasteiger partial charge in [0.25, 0.3) is 0 Å². The molecule has 178 valence electrons. The Bertz CT molecular complexity index is 1540. The van der Waals surface area contributed by atoms with Crippen molar-refractivity contribution in [3.8, 4) is 28.3 Å². The molecule has 0 bridgehead atoms. The van der Waals surface area contributed by atoms with Crippen molar-refractivity contribution in [1.29, 1.82) is 0 Å². The molecule has 1 aromatic carbocycles. The van der Waals surface area contributed by atoms with Gasteiger partial charge in [-0.3, -0.25) is 9.48 Å². The first-order chi connectivity index (χ1) is 17.6. The van der Waals surface area contributed by atoms with E-state index in [2.05, 4.69) is 25.3 Å². The van der Waals surface area contributed by atoms with Gasteiger partial charge < -0.3 is 15.0 Å². The minimum atomic E-state index is -1.73. The Morgan fingerprint density at radius 3 is 2.49 bits per heavy atom. The summed E-state index contributed by atoms with van der Waals surface area (Å²) in [4.78, 5) is 29.0. The molecule has 2 aliphatic rings. The zero-order valence-electron chi connectivity index (χ0n) is 20.8. The van der Waals surface area contributed by atoms with E-state index in [1.165, 1.54) is 18.1 Å². The van der Waals surface area contributed by atoms with Crippen molar-refractivity contribution < 1.29 is 9.53 Å². The van der Waals surface area contributed by atoms with Gasteiger partial charge in [0.1, 0.15) is 23.2 Å². The molecule has 0 aliphatic heterocycles. The van der Waals surface area contributed by atoms with Crippen LogP contribution in [0.1, 0.15) is 12.8 Å². The van der Waals surface area contributed by atoms with E-state index in [4.69, 9.17) is 33.3 Å². The van der Waals surface area contributed by atoms with Crippen LogP contribution in [0.4, 0.5) is 5.82 Å². The fourth-order valence-electron chi connectivity index (χ4n) is 5.17. The van der Waals surface area contributed by atoms with E-state index in [1.54, 1.807) is 12.3 Å². The third kappa shape index (κ3) is 3.57. The number of amides is 1. The molecule has 2 saturated carbocycles. The molecule has 4 aromatic rings. The summed E-state index contributed by atoms with van der Waals surface area (Å²) in [6, 6.07) is 11.3. The van der Waals surface area contributed by atoms with Gasteiger partial charge in [-0.25, -0.2) is 15.0 Å². The van der Waals surface area contributed by atoms with E-state index in [0.717, 1.165) is 18.4 Å². The summed E-state index contributed by atoms with van der Waals surface area (Å²) < 4.78 is 6.83. The average molecular weight is 485 g/mol. The second-order valence-electron chi connectivity index (χ2n) is 10.0. The number of carbonyl (C=O) groups is 1. The molecule has 37 heavy (non-hydrogen) atoms. The molecular weight excluding hydrogens is 463 g/mol. The molecule has 12 heteroatoms. The molecule has 2 aliphatic carbocycles. The highest BCUT2D eigenvalue weighted by Crippen LogP contribution is 2.81.